The quantitative estimate of drug-likeness (QED) is 0.572. The highest BCUT2D eigenvalue weighted by molar-refractivity contribution is 5.72. The first kappa shape index (κ1) is 23.0. The average molecular weight is 438 g/mol. The van der Waals surface area contributed by atoms with Crippen molar-refractivity contribution in [1.29, 1.82) is 0 Å². The Morgan fingerprint density at radius 1 is 1.32 bits per heavy atom. The third kappa shape index (κ3) is 5.31. The van der Waals surface area contributed by atoms with Crippen molar-refractivity contribution in [3.05, 3.63) is 34.9 Å². The van der Waals surface area contributed by atoms with Gasteiger partial charge in [-0.1, -0.05) is 0 Å². The van der Waals surface area contributed by atoms with E-state index in [-0.39, 0.29) is 23.9 Å². The standard InChI is InChI=1S/C21H25F3N4O3/c1-13-17(12-30)20(25-15-4-2-7-28(11-15)8-3-9-29)27-26-19(13)16-6-5-14(10-18(16)31)21(22,23)24/h5-6,9-10,15,30-31H,2-4,7-8,11-12H2,1H3,(H,25,27). The van der Waals surface area contributed by atoms with Crippen molar-refractivity contribution >= 4 is 12.1 Å². The van der Waals surface area contributed by atoms with E-state index in [1.165, 1.54) is 0 Å². The van der Waals surface area contributed by atoms with Gasteiger partial charge in [0, 0.05) is 36.7 Å². The maximum Gasteiger partial charge on any atom is 0.416 e. The molecule has 0 amide bonds. The van der Waals surface area contributed by atoms with Gasteiger partial charge in [0.05, 0.1) is 12.2 Å². The normalized spacial score (nSPS) is 17.5. The summed E-state index contributed by atoms with van der Waals surface area (Å²) >= 11 is 0. The van der Waals surface area contributed by atoms with E-state index >= 15 is 0 Å². The largest absolute Gasteiger partial charge is 0.507 e. The molecular formula is C21H25F3N4O3. The summed E-state index contributed by atoms with van der Waals surface area (Å²) in [6.07, 6.45) is -1.36. The van der Waals surface area contributed by atoms with Gasteiger partial charge in [0.25, 0.3) is 0 Å². The third-order valence-electron chi connectivity index (χ3n) is 5.49. The fraction of sp³-hybridized carbons (Fsp3) is 0.476. The van der Waals surface area contributed by atoms with Gasteiger partial charge in [-0.15, -0.1) is 10.2 Å². The lowest BCUT2D eigenvalue weighted by Crippen LogP contribution is -2.42. The maximum absolute atomic E-state index is 12.9. The average Bonchev–Trinajstić information content (AvgIpc) is 2.72. The molecule has 2 aromatic rings. The van der Waals surface area contributed by atoms with Crippen molar-refractivity contribution in [2.45, 2.75) is 45.0 Å². The number of benzene rings is 1. The van der Waals surface area contributed by atoms with Gasteiger partial charge >= 0.3 is 6.18 Å². The number of aliphatic hydroxyl groups is 1. The lowest BCUT2D eigenvalue weighted by atomic mass is 10.00. The number of phenols is 1. The van der Waals surface area contributed by atoms with Gasteiger partial charge in [0.1, 0.15) is 17.7 Å². The topological polar surface area (TPSA) is 98.6 Å². The SMILES string of the molecule is Cc1c(-c2ccc(C(F)(F)F)cc2O)nnc(NC2CCCN(CCC=O)C2)c1CO. The monoisotopic (exact) mass is 438 g/mol. The molecule has 0 aliphatic carbocycles. The number of nitrogens with zero attached hydrogens (tertiary/aromatic N) is 3. The van der Waals surface area contributed by atoms with Crippen LogP contribution in [0.2, 0.25) is 0 Å². The van der Waals surface area contributed by atoms with Crippen LogP contribution in [-0.4, -0.2) is 57.3 Å². The van der Waals surface area contributed by atoms with Crippen LogP contribution in [0.15, 0.2) is 18.2 Å². The fourth-order valence-electron chi connectivity index (χ4n) is 3.83. The molecule has 0 spiro atoms. The molecule has 3 rings (SSSR count). The predicted octanol–water partition coefficient (Wildman–Crippen LogP) is 3.13. The number of carbonyl (C=O) groups is 1. The van der Waals surface area contributed by atoms with Crippen molar-refractivity contribution in [2.24, 2.45) is 0 Å². The minimum atomic E-state index is -4.57. The Kier molecular flexibility index (Phi) is 7.11. The molecule has 0 bridgehead atoms. The Balaban J connectivity index is 1.85. The number of piperidine rings is 1. The van der Waals surface area contributed by atoms with Crippen molar-refractivity contribution in [1.82, 2.24) is 15.1 Å². The number of aromatic hydroxyl groups is 1. The van der Waals surface area contributed by atoms with E-state index in [0.29, 0.717) is 36.0 Å². The molecule has 31 heavy (non-hydrogen) atoms. The highest BCUT2D eigenvalue weighted by atomic mass is 19.4. The van der Waals surface area contributed by atoms with Gasteiger partial charge in [-0.05, 0) is 50.1 Å². The summed E-state index contributed by atoms with van der Waals surface area (Å²) < 4.78 is 38.6. The zero-order valence-corrected chi connectivity index (χ0v) is 17.1. The van der Waals surface area contributed by atoms with Crippen LogP contribution in [0.1, 0.15) is 36.0 Å². The highest BCUT2D eigenvalue weighted by Gasteiger charge is 2.31. The number of anilines is 1. The van der Waals surface area contributed by atoms with Crippen molar-refractivity contribution in [3.8, 4) is 17.0 Å². The molecule has 1 fully saturated rings. The Morgan fingerprint density at radius 3 is 2.74 bits per heavy atom. The van der Waals surface area contributed by atoms with Crippen LogP contribution in [0.4, 0.5) is 19.0 Å². The molecule has 1 aromatic heterocycles. The molecule has 1 aliphatic rings. The van der Waals surface area contributed by atoms with Crippen LogP contribution in [-0.2, 0) is 17.6 Å². The van der Waals surface area contributed by atoms with Crippen LogP contribution in [0.25, 0.3) is 11.3 Å². The van der Waals surface area contributed by atoms with Gasteiger partial charge in [-0.3, -0.25) is 0 Å². The molecule has 0 radical (unpaired) electrons. The molecule has 1 aromatic carbocycles. The zero-order valence-electron chi connectivity index (χ0n) is 17.1. The second-order valence-corrected chi connectivity index (χ2v) is 7.63. The summed E-state index contributed by atoms with van der Waals surface area (Å²) in [6, 6.07) is 2.73. The van der Waals surface area contributed by atoms with Crippen LogP contribution in [0.5, 0.6) is 5.75 Å². The second kappa shape index (κ2) is 9.61. The van der Waals surface area contributed by atoms with Crippen LogP contribution in [0.3, 0.4) is 0 Å². The molecule has 2 heterocycles. The van der Waals surface area contributed by atoms with Gasteiger partial charge < -0.3 is 25.2 Å². The Labute approximate surface area is 177 Å². The van der Waals surface area contributed by atoms with E-state index in [2.05, 4.69) is 20.4 Å². The van der Waals surface area contributed by atoms with Crippen LogP contribution in [0, 0.1) is 6.92 Å². The first-order valence-corrected chi connectivity index (χ1v) is 10.0. The third-order valence-corrected chi connectivity index (χ3v) is 5.49. The molecule has 10 heteroatoms. The Bertz CT molecular complexity index is 937. The molecule has 1 saturated heterocycles. The lowest BCUT2D eigenvalue weighted by Gasteiger charge is -2.33. The number of hydrogen-bond donors (Lipinski definition) is 3. The highest BCUT2D eigenvalue weighted by Crippen LogP contribution is 2.37. The maximum atomic E-state index is 12.9. The lowest BCUT2D eigenvalue weighted by molar-refractivity contribution is -0.137. The van der Waals surface area contributed by atoms with E-state index < -0.39 is 17.5 Å². The first-order valence-electron chi connectivity index (χ1n) is 10.0. The number of aliphatic hydroxyl groups excluding tert-OH is 1. The fourth-order valence-corrected chi connectivity index (χ4v) is 3.83. The van der Waals surface area contributed by atoms with Crippen molar-refractivity contribution < 1.29 is 28.2 Å². The van der Waals surface area contributed by atoms with E-state index in [9.17, 15) is 28.2 Å². The number of phenolic OH excluding ortho intramolecular Hbond substituents is 1. The second-order valence-electron chi connectivity index (χ2n) is 7.63. The number of hydrogen-bond acceptors (Lipinski definition) is 7. The van der Waals surface area contributed by atoms with E-state index in [0.717, 1.165) is 44.4 Å². The summed E-state index contributed by atoms with van der Waals surface area (Å²) in [6.45, 7) is 3.65. The smallest absolute Gasteiger partial charge is 0.416 e. The molecule has 0 saturated carbocycles. The van der Waals surface area contributed by atoms with E-state index in [1.807, 2.05) is 0 Å². The molecular weight excluding hydrogens is 413 g/mol. The van der Waals surface area contributed by atoms with Crippen molar-refractivity contribution in [2.75, 3.05) is 25.0 Å². The molecule has 3 N–H and O–H groups in total. The Hall–Kier alpha value is -2.72. The van der Waals surface area contributed by atoms with E-state index in [1.54, 1.807) is 6.92 Å². The van der Waals surface area contributed by atoms with Crippen LogP contribution < -0.4 is 5.32 Å². The predicted molar refractivity (Wildman–Crippen MR) is 109 cm³/mol. The van der Waals surface area contributed by atoms with Crippen molar-refractivity contribution in [3.63, 3.8) is 0 Å². The number of rotatable bonds is 7. The molecule has 1 unspecified atom stereocenters. The summed E-state index contributed by atoms with van der Waals surface area (Å²) in [7, 11) is 0. The summed E-state index contributed by atoms with van der Waals surface area (Å²) in [5.41, 5.74) is 0.337. The summed E-state index contributed by atoms with van der Waals surface area (Å²) in [4.78, 5) is 12.8. The number of carbonyl (C=O) groups excluding carboxylic acids is 1. The van der Waals surface area contributed by atoms with E-state index in [4.69, 9.17) is 0 Å². The minimum Gasteiger partial charge on any atom is -0.507 e. The summed E-state index contributed by atoms with van der Waals surface area (Å²) in [5.74, 6) is -0.160. The number of aldehydes is 1. The first-order chi connectivity index (χ1) is 14.7. The van der Waals surface area contributed by atoms with Gasteiger partial charge in [0.2, 0.25) is 0 Å². The molecule has 7 nitrogen and oxygen atoms in total. The number of nitrogens with one attached hydrogen (secondary N) is 1. The minimum absolute atomic E-state index is 0.0599. The zero-order chi connectivity index (χ0) is 22.6. The number of alkyl halides is 3. The summed E-state index contributed by atoms with van der Waals surface area (Å²) in [5, 5.41) is 31.6. The van der Waals surface area contributed by atoms with Gasteiger partial charge in [-0.25, -0.2) is 0 Å². The number of aromatic nitrogens is 2. The Morgan fingerprint density at radius 2 is 2.10 bits per heavy atom. The number of likely N-dealkylation sites (tertiary alicyclic amines) is 1. The number of halogens is 3. The molecule has 1 atom stereocenters. The van der Waals surface area contributed by atoms with Crippen LogP contribution >= 0.6 is 0 Å². The van der Waals surface area contributed by atoms with Gasteiger partial charge in [-0.2, -0.15) is 13.2 Å². The van der Waals surface area contributed by atoms with Gasteiger partial charge in [0.15, 0.2) is 5.82 Å². The molecule has 1 aliphatic heterocycles. The molecule has 168 valence electrons.